The number of halogens is 1. The molecule has 0 saturated carbocycles. The van der Waals surface area contributed by atoms with Crippen LogP contribution < -0.4 is 4.74 Å². The van der Waals surface area contributed by atoms with E-state index >= 15 is 0 Å². The first-order chi connectivity index (χ1) is 9.91. The van der Waals surface area contributed by atoms with Crippen molar-refractivity contribution in [3.63, 3.8) is 0 Å². The molecular weight excluding hydrogens is 310 g/mol. The molecule has 6 heteroatoms. The van der Waals surface area contributed by atoms with Gasteiger partial charge in [-0.25, -0.2) is 12.7 Å². The third-order valence-corrected chi connectivity index (χ3v) is 5.03. The Labute approximate surface area is 130 Å². The molecular formula is C15H16ClNO3S. The van der Waals surface area contributed by atoms with Gasteiger partial charge in [0, 0.05) is 14.1 Å². The highest BCUT2D eigenvalue weighted by Crippen LogP contribution is 2.24. The zero-order valence-electron chi connectivity index (χ0n) is 11.8. The molecule has 0 bridgehead atoms. The summed E-state index contributed by atoms with van der Waals surface area (Å²) in [6.07, 6.45) is 0. The summed E-state index contributed by atoms with van der Waals surface area (Å²) < 4.78 is 30.9. The third kappa shape index (κ3) is 3.75. The lowest BCUT2D eigenvalue weighted by Crippen LogP contribution is -2.22. The summed E-state index contributed by atoms with van der Waals surface area (Å²) >= 11 is 6.01. The molecule has 2 aromatic rings. The molecule has 0 aliphatic carbocycles. The monoisotopic (exact) mass is 325 g/mol. The standard InChI is InChI=1S/C15H16ClNO3S/c1-17(2)21(18,19)13-7-5-6-12(10-13)11-20-15-9-4-3-8-14(15)16/h3-10H,11H2,1-2H3. The van der Waals surface area contributed by atoms with Gasteiger partial charge in [0.2, 0.25) is 10.0 Å². The molecule has 21 heavy (non-hydrogen) atoms. The molecule has 0 atom stereocenters. The summed E-state index contributed by atoms with van der Waals surface area (Å²) in [5, 5.41) is 0.523. The number of hydrogen-bond donors (Lipinski definition) is 0. The van der Waals surface area contributed by atoms with Gasteiger partial charge in [0.1, 0.15) is 12.4 Å². The van der Waals surface area contributed by atoms with Crippen LogP contribution in [0.1, 0.15) is 5.56 Å². The number of hydrogen-bond acceptors (Lipinski definition) is 3. The van der Waals surface area contributed by atoms with Crippen molar-refractivity contribution in [2.24, 2.45) is 0 Å². The van der Waals surface area contributed by atoms with Crippen LogP contribution in [0.3, 0.4) is 0 Å². The maximum absolute atomic E-state index is 12.1. The Morgan fingerprint density at radius 3 is 2.48 bits per heavy atom. The lowest BCUT2D eigenvalue weighted by atomic mass is 10.2. The fraction of sp³-hybridized carbons (Fsp3) is 0.200. The molecule has 0 heterocycles. The van der Waals surface area contributed by atoms with E-state index < -0.39 is 10.0 Å². The lowest BCUT2D eigenvalue weighted by Gasteiger charge is -2.13. The highest BCUT2D eigenvalue weighted by Gasteiger charge is 2.17. The first-order valence-corrected chi connectivity index (χ1v) is 8.12. The maximum Gasteiger partial charge on any atom is 0.242 e. The van der Waals surface area contributed by atoms with E-state index in [0.717, 1.165) is 5.56 Å². The van der Waals surface area contributed by atoms with E-state index in [1.54, 1.807) is 30.3 Å². The normalized spacial score (nSPS) is 11.6. The Balaban J connectivity index is 2.18. The number of ether oxygens (including phenoxy) is 1. The summed E-state index contributed by atoms with van der Waals surface area (Å²) in [7, 11) is -0.434. The summed E-state index contributed by atoms with van der Waals surface area (Å²) in [5.74, 6) is 0.569. The first kappa shape index (κ1) is 15.8. The zero-order chi connectivity index (χ0) is 15.5. The van der Waals surface area contributed by atoms with Gasteiger partial charge in [-0.1, -0.05) is 35.9 Å². The second kappa shape index (κ2) is 6.47. The van der Waals surface area contributed by atoms with E-state index in [4.69, 9.17) is 16.3 Å². The minimum atomic E-state index is -3.44. The topological polar surface area (TPSA) is 46.6 Å². The van der Waals surface area contributed by atoms with Gasteiger partial charge in [0.15, 0.2) is 0 Å². The van der Waals surface area contributed by atoms with Gasteiger partial charge < -0.3 is 4.74 Å². The van der Waals surface area contributed by atoms with Crippen molar-refractivity contribution < 1.29 is 13.2 Å². The number of sulfonamides is 1. The van der Waals surface area contributed by atoms with Crippen LogP contribution in [0.25, 0.3) is 0 Å². The van der Waals surface area contributed by atoms with Crippen LogP contribution in [0, 0.1) is 0 Å². The van der Waals surface area contributed by atoms with Crippen molar-refractivity contribution in [3.05, 3.63) is 59.1 Å². The Bertz CT molecular complexity index is 729. The smallest absolute Gasteiger partial charge is 0.242 e. The van der Waals surface area contributed by atoms with Crippen molar-refractivity contribution >= 4 is 21.6 Å². The van der Waals surface area contributed by atoms with Crippen LogP contribution in [0.4, 0.5) is 0 Å². The Morgan fingerprint density at radius 1 is 1.10 bits per heavy atom. The molecule has 0 unspecified atom stereocenters. The van der Waals surface area contributed by atoms with Gasteiger partial charge in [-0.2, -0.15) is 0 Å². The van der Waals surface area contributed by atoms with Crippen molar-refractivity contribution in [3.8, 4) is 5.75 Å². The van der Waals surface area contributed by atoms with Crippen LogP contribution in [0.2, 0.25) is 5.02 Å². The zero-order valence-corrected chi connectivity index (χ0v) is 13.4. The Kier molecular flexibility index (Phi) is 4.88. The van der Waals surface area contributed by atoms with Gasteiger partial charge >= 0.3 is 0 Å². The fourth-order valence-corrected chi connectivity index (χ4v) is 2.89. The van der Waals surface area contributed by atoms with E-state index in [1.165, 1.54) is 18.4 Å². The van der Waals surface area contributed by atoms with Crippen molar-refractivity contribution in [1.82, 2.24) is 4.31 Å². The molecule has 0 N–H and O–H groups in total. The number of benzene rings is 2. The molecule has 0 aliphatic heterocycles. The van der Waals surface area contributed by atoms with E-state index in [9.17, 15) is 8.42 Å². The highest BCUT2D eigenvalue weighted by molar-refractivity contribution is 7.89. The van der Waals surface area contributed by atoms with Gasteiger partial charge in [-0.3, -0.25) is 0 Å². The van der Waals surface area contributed by atoms with Crippen LogP contribution in [0.5, 0.6) is 5.75 Å². The summed E-state index contributed by atoms with van der Waals surface area (Å²) in [6.45, 7) is 0.251. The molecule has 0 fully saturated rings. The second-order valence-corrected chi connectivity index (χ2v) is 7.21. The van der Waals surface area contributed by atoms with E-state index in [0.29, 0.717) is 10.8 Å². The molecule has 0 aliphatic rings. The predicted octanol–water partition coefficient (Wildman–Crippen LogP) is 3.17. The Hall–Kier alpha value is -1.56. The number of para-hydroxylation sites is 1. The lowest BCUT2D eigenvalue weighted by molar-refractivity contribution is 0.306. The van der Waals surface area contributed by atoms with Crippen LogP contribution in [-0.2, 0) is 16.6 Å². The molecule has 4 nitrogen and oxygen atoms in total. The molecule has 2 rings (SSSR count). The van der Waals surface area contributed by atoms with Crippen LogP contribution >= 0.6 is 11.6 Å². The molecule has 0 spiro atoms. The van der Waals surface area contributed by atoms with E-state index in [1.807, 2.05) is 18.2 Å². The second-order valence-electron chi connectivity index (χ2n) is 4.65. The van der Waals surface area contributed by atoms with Crippen LogP contribution in [0.15, 0.2) is 53.4 Å². The molecule has 0 aromatic heterocycles. The van der Waals surface area contributed by atoms with Gasteiger partial charge in [0.25, 0.3) is 0 Å². The third-order valence-electron chi connectivity index (χ3n) is 2.91. The highest BCUT2D eigenvalue weighted by atomic mass is 35.5. The Morgan fingerprint density at radius 2 is 1.81 bits per heavy atom. The molecule has 2 aromatic carbocycles. The average Bonchev–Trinajstić information content (AvgIpc) is 2.46. The summed E-state index contributed by atoms with van der Waals surface area (Å²) in [4.78, 5) is 0.243. The largest absolute Gasteiger partial charge is 0.487 e. The quantitative estimate of drug-likeness (QED) is 0.848. The van der Waals surface area contributed by atoms with Crippen molar-refractivity contribution in [2.45, 2.75) is 11.5 Å². The van der Waals surface area contributed by atoms with E-state index in [-0.39, 0.29) is 11.5 Å². The molecule has 0 amide bonds. The maximum atomic E-state index is 12.1. The van der Waals surface area contributed by atoms with Gasteiger partial charge in [-0.15, -0.1) is 0 Å². The minimum absolute atomic E-state index is 0.243. The molecule has 0 radical (unpaired) electrons. The summed E-state index contributed by atoms with van der Waals surface area (Å²) in [6, 6.07) is 13.8. The number of nitrogens with zero attached hydrogens (tertiary/aromatic N) is 1. The predicted molar refractivity (Wildman–Crippen MR) is 83.1 cm³/mol. The summed E-state index contributed by atoms with van der Waals surface area (Å²) in [5.41, 5.74) is 0.762. The SMILES string of the molecule is CN(C)S(=O)(=O)c1cccc(COc2ccccc2Cl)c1. The van der Waals surface area contributed by atoms with E-state index in [2.05, 4.69) is 0 Å². The molecule has 0 saturated heterocycles. The van der Waals surface area contributed by atoms with Gasteiger partial charge in [0.05, 0.1) is 9.92 Å². The van der Waals surface area contributed by atoms with Crippen molar-refractivity contribution in [2.75, 3.05) is 14.1 Å². The van der Waals surface area contributed by atoms with Crippen molar-refractivity contribution in [1.29, 1.82) is 0 Å². The van der Waals surface area contributed by atoms with Crippen LogP contribution in [-0.4, -0.2) is 26.8 Å². The average molecular weight is 326 g/mol. The first-order valence-electron chi connectivity index (χ1n) is 6.30. The van der Waals surface area contributed by atoms with Gasteiger partial charge in [-0.05, 0) is 29.8 Å². The molecule has 112 valence electrons. The number of rotatable bonds is 5. The fourth-order valence-electron chi connectivity index (χ4n) is 1.73. The minimum Gasteiger partial charge on any atom is -0.487 e.